The van der Waals surface area contributed by atoms with Crippen molar-refractivity contribution in [3.63, 3.8) is 0 Å². The van der Waals surface area contributed by atoms with E-state index in [0.29, 0.717) is 25.2 Å². The number of aliphatic hydroxyl groups is 1. The average molecular weight is 283 g/mol. The molecular weight excluding hydrogens is 266 g/mol. The van der Waals surface area contributed by atoms with Crippen LogP contribution < -0.4 is 5.32 Å². The first-order chi connectivity index (χ1) is 10.2. The van der Waals surface area contributed by atoms with Crippen molar-refractivity contribution >= 4 is 11.7 Å². The molecule has 1 aliphatic rings. The highest BCUT2D eigenvalue weighted by Crippen LogP contribution is 2.25. The van der Waals surface area contributed by atoms with E-state index in [0.717, 1.165) is 11.3 Å². The summed E-state index contributed by atoms with van der Waals surface area (Å²) < 4.78 is 0. The van der Waals surface area contributed by atoms with Crippen molar-refractivity contribution in [2.75, 3.05) is 18.4 Å². The van der Waals surface area contributed by atoms with E-state index in [1.165, 1.54) is 0 Å². The molecule has 0 aliphatic carbocycles. The zero-order valence-electron chi connectivity index (χ0n) is 11.6. The summed E-state index contributed by atoms with van der Waals surface area (Å²) in [5.74, 6) is 0. The third kappa shape index (κ3) is 3.03. The van der Waals surface area contributed by atoms with Crippen molar-refractivity contribution in [3.05, 3.63) is 48.7 Å². The Kier molecular flexibility index (Phi) is 3.83. The number of aromatic nitrogens is 1. The summed E-state index contributed by atoms with van der Waals surface area (Å²) in [6, 6.07) is 13.2. The van der Waals surface area contributed by atoms with Gasteiger partial charge in [-0.15, -0.1) is 0 Å². The molecule has 2 heterocycles. The highest BCUT2D eigenvalue weighted by Gasteiger charge is 2.25. The van der Waals surface area contributed by atoms with Crippen LogP contribution in [0, 0.1) is 0 Å². The number of hydrogen-bond donors (Lipinski definition) is 2. The predicted molar refractivity (Wildman–Crippen MR) is 80.9 cm³/mol. The lowest BCUT2D eigenvalue weighted by molar-refractivity contribution is 0.176. The third-order valence-electron chi connectivity index (χ3n) is 3.55. The van der Waals surface area contributed by atoms with Crippen molar-refractivity contribution < 1.29 is 9.90 Å². The van der Waals surface area contributed by atoms with E-state index in [-0.39, 0.29) is 6.03 Å². The minimum Gasteiger partial charge on any atom is -0.391 e. The largest absolute Gasteiger partial charge is 0.391 e. The molecule has 1 saturated heterocycles. The van der Waals surface area contributed by atoms with Crippen LogP contribution in [0.15, 0.2) is 48.7 Å². The van der Waals surface area contributed by atoms with Crippen LogP contribution in [-0.4, -0.2) is 40.2 Å². The molecule has 5 nitrogen and oxygen atoms in total. The number of nitrogens with zero attached hydrogens (tertiary/aromatic N) is 2. The van der Waals surface area contributed by atoms with Crippen molar-refractivity contribution in [2.24, 2.45) is 0 Å². The number of anilines is 1. The number of carbonyl (C=O) groups excluding carboxylic acids is 1. The van der Waals surface area contributed by atoms with Gasteiger partial charge in [-0.05, 0) is 18.6 Å². The van der Waals surface area contributed by atoms with Gasteiger partial charge in [-0.3, -0.25) is 4.98 Å². The Morgan fingerprint density at radius 3 is 2.76 bits per heavy atom. The zero-order valence-corrected chi connectivity index (χ0v) is 11.6. The lowest BCUT2D eigenvalue weighted by atomic mass is 10.1. The summed E-state index contributed by atoms with van der Waals surface area (Å²) in [5.41, 5.74) is 2.37. The number of aliphatic hydroxyl groups excluding tert-OH is 1. The fourth-order valence-corrected chi connectivity index (χ4v) is 2.45. The zero-order chi connectivity index (χ0) is 14.7. The molecule has 108 valence electrons. The van der Waals surface area contributed by atoms with Crippen molar-refractivity contribution in [2.45, 2.75) is 12.5 Å². The standard InChI is InChI=1S/C16H17N3O2/c20-13-8-10-19(11-13)16(21)18-14-7-4-9-17-15(14)12-5-2-1-3-6-12/h1-7,9,13,20H,8,10-11H2,(H,18,21)/t13-/m0/s1. The number of benzene rings is 1. The van der Waals surface area contributed by atoms with Gasteiger partial charge in [0, 0.05) is 24.8 Å². The van der Waals surface area contributed by atoms with Crippen LogP contribution in [0.3, 0.4) is 0 Å². The van der Waals surface area contributed by atoms with Crippen LogP contribution >= 0.6 is 0 Å². The Morgan fingerprint density at radius 1 is 1.24 bits per heavy atom. The molecule has 21 heavy (non-hydrogen) atoms. The molecule has 5 heteroatoms. The molecule has 0 bridgehead atoms. The highest BCUT2D eigenvalue weighted by molar-refractivity contribution is 5.93. The smallest absolute Gasteiger partial charge is 0.321 e. The van der Waals surface area contributed by atoms with Crippen LogP contribution in [0.4, 0.5) is 10.5 Å². The Bertz CT molecular complexity index is 630. The highest BCUT2D eigenvalue weighted by atomic mass is 16.3. The van der Waals surface area contributed by atoms with Crippen LogP contribution in [0.5, 0.6) is 0 Å². The molecule has 0 radical (unpaired) electrons. The molecule has 3 rings (SSSR count). The molecule has 1 atom stereocenters. The lowest BCUT2D eigenvalue weighted by Gasteiger charge is -2.17. The fourth-order valence-electron chi connectivity index (χ4n) is 2.45. The lowest BCUT2D eigenvalue weighted by Crippen LogP contribution is -2.33. The summed E-state index contributed by atoms with van der Waals surface area (Å²) in [4.78, 5) is 18.2. The number of β-amino-alcohol motifs (C(OH)–C–C–N with tert-alkyl or cyclic N) is 1. The second-order valence-corrected chi connectivity index (χ2v) is 5.08. The maximum absolute atomic E-state index is 12.2. The van der Waals surface area contributed by atoms with Gasteiger partial charge >= 0.3 is 6.03 Å². The van der Waals surface area contributed by atoms with Gasteiger partial charge in [-0.2, -0.15) is 0 Å². The Balaban J connectivity index is 1.81. The van der Waals surface area contributed by atoms with Gasteiger partial charge in [0.1, 0.15) is 0 Å². The predicted octanol–water partition coefficient (Wildman–Crippen LogP) is 2.35. The van der Waals surface area contributed by atoms with E-state index >= 15 is 0 Å². The van der Waals surface area contributed by atoms with Crippen molar-refractivity contribution in [3.8, 4) is 11.3 Å². The van der Waals surface area contributed by atoms with E-state index < -0.39 is 6.10 Å². The second-order valence-electron chi connectivity index (χ2n) is 5.08. The number of amides is 2. The molecule has 2 N–H and O–H groups in total. The molecule has 0 spiro atoms. The van der Waals surface area contributed by atoms with Gasteiger partial charge in [0.2, 0.25) is 0 Å². The second kappa shape index (κ2) is 5.93. The number of hydrogen-bond acceptors (Lipinski definition) is 3. The van der Waals surface area contributed by atoms with Crippen LogP contribution in [0.25, 0.3) is 11.3 Å². The van der Waals surface area contributed by atoms with Crippen molar-refractivity contribution in [1.29, 1.82) is 0 Å². The molecular formula is C16H17N3O2. The van der Waals surface area contributed by atoms with Gasteiger partial charge in [0.15, 0.2) is 0 Å². The van der Waals surface area contributed by atoms with E-state index in [9.17, 15) is 9.90 Å². The molecule has 1 aromatic carbocycles. The quantitative estimate of drug-likeness (QED) is 0.889. The first kappa shape index (κ1) is 13.6. The normalized spacial score (nSPS) is 17.8. The van der Waals surface area contributed by atoms with E-state index in [1.54, 1.807) is 17.2 Å². The van der Waals surface area contributed by atoms with Crippen molar-refractivity contribution in [1.82, 2.24) is 9.88 Å². The molecule has 1 aliphatic heterocycles. The topological polar surface area (TPSA) is 65.5 Å². The number of carbonyl (C=O) groups is 1. The van der Waals surface area contributed by atoms with Gasteiger partial charge < -0.3 is 15.3 Å². The van der Waals surface area contributed by atoms with Gasteiger partial charge in [-0.1, -0.05) is 30.3 Å². The molecule has 0 saturated carbocycles. The first-order valence-electron chi connectivity index (χ1n) is 6.98. The minimum atomic E-state index is -0.418. The maximum atomic E-state index is 12.2. The third-order valence-corrected chi connectivity index (χ3v) is 3.55. The SMILES string of the molecule is O=C(Nc1cccnc1-c1ccccc1)N1CC[C@H](O)C1. The van der Waals surface area contributed by atoms with Gasteiger partial charge in [0.05, 0.1) is 17.5 Å². The summed E-state index contributed by atoms with van der Waals surface area (Å²) in [5, 5.41) is 12.4. The number of likely N-dealkylation sites (tertiary alicyclic amines) is 1. The number of urea groups is 1. The monoisotopic (exact) mass is 283 g/mol. The molecule has 1 fully saturated rings. The fraction of sp³-hybridized carbons (Fsp3) is 0.250. The Labute approximate surface area is 123 Å². The summed E-state index contributed by atoms with van der Waals surface area (Å²) in [6.07, 6.45) is 1.92. The average Bonchev–Trinajstić information content (AvgIpc) is 2.95. The molecule has 2 amide bonds. The molecule has 0 unspecified atom stereocenters. The van der Waals surface area contributed by atoms with E-state index in [4.69, 9.17) is 0 Å². The summed E-state index contributed by atoms with van der Waals surface area (Å²) in [6.45, 7) is 0.959. The maximum Gasteiger partial charge on any atom is 0.321 e. The minimum absolute atomic E-state index is 0.197. The Hall–Kier alpha value is -2.40. The van der Waals surface area contributed by atoms with Crippen LogP contribution in [0.2, 0.25) is 0 Å². The van der Waals surface area contributed by atoms with Crippen LogP contribution in [0.1, 0.15) is 6.42 Å². The summed E-state index contributed by atoms with van der Waals surface area (Å²) in [7, 11) is 0. The number of pyridine rings is 1. The molecule has 2 aromatic rings. The summed E-state index contributed by atoms with van der Waals surface area (Å²) >= 11 is 0. The molecule has 1 aromatic heterocycles. The van der Waals surface area contributed by atoms with Gasteiger partial charge in [-0.25, -0.2) is 4.79 Å². The Morgan fingerprint density at radius 2 is 2.05 bits per heavy atom. The number of rotatable bonds is 2. The van der Waals surface area contributed by atoms with E-state index in [1.807, 2.05) is 36.4 Å². The van der Waals surface area contributed by atoms with Crippen LogP contribution in [-0.2, 0) is 0 Å². The number of nitrogens with one attached hydrogen (secondary N) is 1. The van der Waals surface area contributed by atoms with E-state index in [2.05, 4.69) is 10.3 Å². The first-order valence-corrected chi connectivity index (χ1v) is 6.98. The van der Waals surface area contributed by atoms with Gasteiger partial charge in [0.25, 0.3) is 0 Å².